The highest BCUT2D eigenvalue weighted by molar-refractivity contribution is 5.93. The number of nitrogens with zero attached hydrogens (tertiary/aromatic N) is 2. The van der Waals surface area contributed by atoms with Crippen molar-refractivity contribution in [3.8, 4) is 5.69 Å². The summed E-state index contributed by atoms with van der Waals surface area (Å²) in [4.78, 5) is 4.33. The summed E-state index contributed by atoms with van der Waals surface area (Å²) in [6.07, 6.45) is 6.26. The van der Waals surface area contributed by atoms with E-state index in [0.717, 1.165) is 24.0 Å². The van der Waals surface area contributed by atoms with Gasteiger partial charge in [-0.25, -0.2) is 4.98 Å². The van der Waals surface area contributed by atoms with E-state index in [1.807, 2.05) is 12.3 Å². The van der Waals surface area contributed by atoms with E-state index < -0.39 is 0 Å². The second kappa shape index (κ2) is 5.49. The van der Waals surface area contributed by atoms with Crippen LogP contribution in [0.5, 0.6) is 0 Å². The molecule has 3 heteroatoms. The van der Waals surface area contributed by atoms with Gasteiger partial charge in [0.2, 0.25) is 0 Å². The third-order valence-electron chi connectivity index (χ3n) is 5.30. The fraction of sp³-hybridized carbons (Fsp3) is 0.136. The van der Waals surface area contributed by atoms with Crippen LogP contribution in [0.2, 0.25) is 0 Å². The van der Waals surface area contributed by atoms with E-state index in [1.54, 1.807) is 0 Å². The molecule has 2 N–H and O–H groups in total. The summed E-state index contributed by atoms with van der Waals surface area (Å²) in [5.41, 5.74) is 12.7. The van der Waals surface area contributed by atoms with Crippen LogP contribution in [-0.2, 0) is 12.8 Å². The molecule has 0 radical (unpaired) electrons. The van der Waals surface area contributed by atoms with E-state index in [-0.39, 0.29) is 0 Å². The summed E-state index contributed by atoms with van der Waals surface area (Å²) < 4.78 is 2.19. The smallest absolute Gasteiger partial charge is 0.148 e. The topological polar surface area (TPSA) is 43.8 Å². The number of fused-ring (bicyclic) bond motifs is 2. The van der Waals surface area contributed by atoms with Crippen LogP contribution in [0, 0.1) is 0 Å². The molecule has 2 aromatic carbocycles. The van der Waals surface area contributed by atoms with Gasteiger partial charge >= 0.3 is 0 Å². The molecule has 0 aliphatic heterocycles. The van der Waals surface area contributed by atoms with Crippen molar-refractivity contribution in [3.63, 3.8) is 0 Å². The number of benzene rings is 2. The van der Waals surface area contributed by atoms with E-state index in [2.05, 4.69) is 70.3 Å². The van der Waals surface area contributed by atoms with Crippen LogP contribution < -0.4 is 5.73 Å². The van der Waals surface area contributed by atoms with Gasteiger partial charge < -0.3 is 10.3 Å². The standard InChI is InChI=1S/C22H19N3/c23-22-21-19(10-11-24-22)20(14-25(21)18-8-2-1-3-9-18)17-12-15-6-4-5-7-16(15)13-17/h1-11,14,17H,12-13H2,(H2,23,24). The van der Waals surface area contributed by atoms with Gasteiger partial charge in [-0.05, 0) is 53.6 Å². The normalized spacial score (nSPS) is 14.1. The summed E-state index contributed by atoms with van der Waals surface area (Å²) in [5, 5.41) is 1.22. The van der Waals surface area contributed by atoms with Crippen molar-refractivity contribution in [2.24, 2.45) is 0 Å². The lowest BCUT2D eigenvalue weighted by atomic mass is 9.96. The van der Waals surface area contributed by atoms with Crippen molar-refractivity contribution < 1.29 is 0 Å². The Morgan fingerprint density at radius 3 is 2.28 bits per heavy atom. The van der Waals surface area contributed by atoms with Crippen LogP contribution >= 0.6 is 0 Å². The molecule has 0 fully saturated rings. The SMILES string of the molecule is Nc1nccc2c(C3Cc4ccccc4C3)cn(-c3ccccc3)c12. The second-order valence-electron chi connectivity index (χ2n) is 6.76. The van der Waals surface area contributed by atoms with E-state index in [4.69, 9.17) is 5.73 Å². The summed E-state index contributed by atoms with van der Waals surface area (Å²) in [6, 6.07) is 21.2. The first-order valence-electron chi connectivity index (χ1n) is 8.69. The lowest BCUT2D eigenvalue weighted by Crippen LogP contribution is -1.97. The maximum absolute atomic E-state index is 6.26. The van der Waals surface area contributed by atoms with Crippen molar-refractivity contribution in [1.29, 1.82) is 0 Å². The Labute approximate surface area is 146 Å². The molecule has 0 saturated carbocycles. The highest BCUT2D eigenvalue weighted by atomic mass is 15.0. The Hall–Kier alpha value is -3.07. The summed E-state index contributed by atoms with van der Waals surface area (Å²) in [6.45, 7) is 0. The second-order valence-corrected chi connectivity index (χ2v) is 6.76. The third kappa shape index (κ3) is 2.23. The van der Waals surface area contributed by atoms with E-state index in [9.17, 15) is 0 Å². The number of anilines is 1. The van der Waals surface area contributed by atoms with Crippen LogP contribution in [0.3, 0.4) is 0 Å². The van der Waals surface area contributed by atoms with Crippen LogP contribution in [0.4, 0.5) is 5.82 Å². The van der Waals surface area contributed by atoms with Gasteiger partial charge in [0.1, 0.15) is 5.82 Å². The molecule has 5 rings (SSSR count). The molecule has 3 nitrogen and oxygen atoms in total. The maximum atomic E-state index is 6.26. The summed E-state index contributed by atoms with van der Waals surface area (Å²) >= 11 is 0. The van der Waals surface area contributed by atoms with Gasteiger partial charge in [0, 0.05) is 23.5 Å². The third-order valence-corrected chi connectivity index (χ3v) is 5.30. The first-order valence-corrected chi connectivity index (χ1v) is 8.69. The van der Waals surface area contributed by atoms with Crippen molar-refractivity contribution in [1.82, 2.24) is 9.55 Å². The molecule has 0 unspecified atom stereocenters. The number of pyridine rings is 1. The largest absolute Gasteiger partial charge is 0.382 e. The predicted octanol–water partition coefficient (Wildman–Crippen LogP) is 4.49. The molecule has 2 heterocycles. The zero-order valence-electron chi connectivity index (χ0n) is 13.9. The molecular formula is C22H19N3. The lowest BCUT2D eigenvalue weighted by Gasteiger charge is -2.07. The number of nitrogens with two attached hydrogens (primary N) is 1. The van der Waals surface area contributed by atoms with Crippen LogP contribution in [0.25, 0.3) is 16.6 Å². The first kappa shape index (κ1) is 14.3. The Kier molecular flexibility index (Phi) is 3.14. The fourth-order valence-electron chi connectivity index (χ4n) is 4.13. The average molecular weight is 325 g/mol. The number of para-hydroxylation sites is 1. The molecule has 0 amide bonds. The lowest BCUT2D eigenvalue weighted by molar-refractivity contribution is 0.746. The van der Waals surface area contributed by atoms with Gasteiger partial charge in [-0.15, -0.1) is 0 Å². The maximum Gasteiger partial charge on any atom is 0.148 e. The molecule has 4 aromatic rings. The predicted molar refractivity (Wildman–Crippen MR) is 102 cm³/mol. The zero-order valence-corrected chi connectivity index (χ0v) is 13.9. The minimum Gasteiger partial charge on any atom is -0.382 e. The Balaban J connectivity index is 1.69. The van der Waals surface area contributed by atoms with E-state index in [0.29, 0.717) is 11.7 Å². The number of nitrogen functional groups attached to an aromatic ring is 1. The van der Waals surface area contributed by atoms with Gasteiger partial charge in [0.05, 0.1) is 5.52 Å². The molecule has 0 saturated heterocycles. The summed E-state index contributed by atoms with van der Waals surface area (Å²) in [5.74, 6) is 1.08. The molecule has 1 aliphatic carbocycles. The summed E-state index contributed by atoms with van der Waals surface area (Å²) in [7, 11) is 0. The Morgan fingerprint density at radius 2 is 1.56 bits per heavy atom. The average Bonchev–Trinajstić information content (AvgIpc) is 3.24. The molecule has 0 spiro atoms. The molecule has 25 heavy (non-hydrogen) atoms. The number of aromatic nitrogens is 2. The van der Waals surface area contributed by atoms with Crippen molar-refractivity contribution >= 4 is 16.7 Å². The Bertz CT molecular complexity index is 1040. The van der Waals surface area contributed by atoms with E-state index in [1.165, 1.54) is 22.1 Å². The Morgan fingerprint density at radius 1 is 0.880 bits per heavy atom. The van der Waals surface area contributed by atoms with Crippen LogP contribution in [0.15, 0.2) is 73.1 Å². The van der Waals surface area contributed by atoms with Gasteiger partial charge in [-0.3, -0.25) is 0 Å². The number of rotatable bonds is 2. The number of hydrogen-bond donors (Lipinski definition) is 1. The molecular weight excluding hydrogens is 306 g/mol. The van der Waals surface area contributed by atoms with Gasteiger partial charge in [0.25, 0.3) is 0 Å². The molecule has 122 valence electrons. The van der Waals surface area contributed by atoms with Crippen LogP contribution in [-0.4, -0.2) is 9.55 Å². The fourth-order valence-corrected chi connectivity index (χ4v) is 4.13. The van der Waals surface area contributed by atoms with Gasteiger partial charge in [-0.2, -0.15) is 0 Å². The first-order chi connectivity index (χ1) is 12.3. The minimum atomic E-state index is 0.492. The van der Waals surface area contributed by atoms with Crippen molar-refractivity contribution in [2.75, 3.05) is 5.73 Å². The molecule has 1 aliphatic rings. The van der Waals surface area contributed by atoms with Crippen molar-refractivity contribution in [2.45, 2.75) is 18.8 Å². The van der Waals surface area contributed by atoms with Crippen molar-refractivity contribution in [3.05, 3.63) is 89.7 Å². The molecule has 2 aromatic heterocycles. The van der Waals surface area contributed by atoms with Crippen LogP contribution in [0.1, 0.15) is 22.6 Å². The zero-order chi connectivity index (χ0) is 16.8. The quantitative estimate of drug-likeness (QED) is 0.590. The van der Waals surface area contributed by atoms with Gasteiger partial charge in [-0.1, -0.05) is 42.5 Å². The highest BCUT2D eigenvalue weighted by Gasteiger charge is 2.26. The number of hydrogen-bond acceptors (Lipinski definition) is 2. The monoisotopic (exact) mass is 325 g/mol. The van der Waals surface area contributed by atoms with E-state index >= 15 is 0 Å². The molecule has 0 bridgehead atoms. The minimum absolute atomic E-state index is 0.492. The highest BCUT2D eigenvalue weighted by Crippen LogP contribution is 2.39. The molecule has 0 atom stereocenters. The van der Waals surface area contributed by atoms with Gasteiger partial charge in [0.15, 0.2) is 0 Å².